The molecule has 3 unspecified atom stereocenters. The molecule has 4 nitrogen and oxygen atoms in total. The first-order chi connectivity index (χ1) is 9.33. The predicted molar refractivity (Wildman–Crippen MR) is 77.3 cm³/mol. The van der Waals surface area contributed by atoms with Crippen molar-refractivity contribution >= 4 is 0 Å². The van der Waals surface area contributed by atoms with Crippen LogP contribution in [0.15, 0.2) is 0 Å². The van der Waals surface area contributed by atoms with Crippen molar-refractivity contribution in [3.63, 3.8) is 0 Å². The van der Waals surface area contributed by atoms with Crippen LogP contribution in [0.3, 0.4) is 0 Å². The van der Waals surface area contributed by atoms with Gasteiger partial charge in [0, 0.05) is 38.3 Å². The summed E-state index contributed by atoms with van der Waals surface area (Å²) in [5.74, 6) is 1.10. The average Bonchev–Trinajstić information content (AvgIpc) is 2.46. The lowest BCUT2D eigenvalue weighted by atomic mass is 9.92. The highest BCUT2D eigenvalue weighted by atomic mass is 16.5. The number of hydrogen-bond acceptors (Lipinski definition) is 4. The number of nitrogens with one attached hydrogen (secondary N) is 1. The van der Waals surface area contributed by atoms with Crippen LogP contribution in [-0.4, -0.2) is 62.0 Å². The van der Waals surface area contributed by atoms with Crippen LogP contribution in [0.5, 0.6) is 0 Å². The largest absolute Gasteiger partial charge is 0.396 e. The molecule has 2 saturated heterocycles. The van der Waals surface area contributed by atoms with Gasteiger partial charge in [-0.2, -0.15) is 0 Å². The van der Waals surface area contributed by atoms with E-state index in [-0.39, 0.29) is 0 Å². The highest BCUT2D eigenvalue weighted by Crippen LogP contribution is 2.21. The molecule has 19 heavy (non-hydrogen) atoms. The Bertz CT molecular complexity index is 250. The van der Waals surface area contributed by atoms with Gasteiger partial charge in [-0.1, -0.05) is 6.92 Å². The third-order valence-electron chi connectivity index (χ3n) is 4.48. The minimum Gasteiger partial charge on any atom is -0.396 e. The minimum absolute atomic E-state index is 0.342. The smallest absolute Gasteiger partial charge is 0.0521 e. The number of hydrogen-bond donors (Lipinski definition) is 2. The lowest BCUT2D eigenvalue weighted by Gasteiger charge is -2.39. The molecule has 0 amide bonds. The van der Waals surface area contributed by atoms with Crippen LogP contribution in [0, 0.1) is 11.8 Å². The SMILES string of the molecule is CCCNC1CCOCC1CN1CCCC(CO)C1. The Morgan fingerprint density at radius 1 is 1.37 bits per heavy atom. The molecule has 0 radical (unpaired) electrons. The average molecular weight is 270 g/mol. The van der Waals surface area contributed by atoms with Gasteiger partial charge in [-0.25, -0.2) is 0 Å². The molecule has 4 heteroatoms. The van der Waals surface area contributed by atoms with Crippen LogP contribution in [0.4, 0.5) is 0 Å². The van der Waals surface area contributed by atoms with E-state index in [2.05, 4.69) is 17.1 Å². The molecule has 2 rings (SSSR count). The van der Waals surface area contributed by atoms with Gasteiger partial charge in [0.25, 0.3) is 0 Å². The maximum Gasteiger partial charge on any atom is 0.0521 e. The molecule has 2 N–H and O–H groups in total. The molecule has 0 aliphatic carbocycles. The molecule has 0 aromatic rings. The quantitative estimate of drug-likeness (QED) is 0.758. The first kappa shape index (κ1) is 15.2. The molecule has 0 bridgehead atoms. The van der Waals surface area contributed by atoms with Gasteiger partial charge in [0.1, 0.15) is 0 Å². The fraction of sp³-hybridized carbons (Fsp3) is 1.00. The van der Waals surface area contributed by atoms with Crippen LogP contribution < -0.4 is 5.32 Å². The molecule has 0 aromatic carbocycles. The molecule has 112 valence electrons. The summed E-state index contributed by atoms with van der Waals surface area (Å²) >= 11 is 0. The Morgan fingerprint density at radius 3 is 3.05 bits per heavy atom. The first-order valence-electron chi connectivity index (χ1n) is 7.97. The van der Waals surface area contributed by atoms with E-state index < -0.39 is 0 Å². The van der Waals surface area contributed by atoms with Crippen LogP contribution in [0.2, 0.25) is 0 Å². The second kappa shape index (κ2) is 8.20. The van der Waals surface area contributed by atoms with Gasteiger partial charge in [0.05, 0.1) is 6.61 Å². The second-order valence-corrected chi connectivity index (χ2v) is 6.13. The third kappa shape index (κ3) is 4.71. The fourth-order valence-electron chi connectivity index (χ4n) is 3.37. The van der Waals surface area contributed by atoms with Gasteiger partial charge in [0.2, 0.25) is 0 Å². The second-order valence-electron chi connectivity index (χ2n) is 6.13. The van der Waals surface area contributed by atoms with Crippen molar-refractivity contribution in [3.05, 3.63) is 0 Å². The number of likely N-dealkylation sites (tertiary alicyclic amines) is 1. The number of rotatable bonds is 6. The summed E-state index contributed by atoms with van der Waals surface area (Å²) < 4.78 is 5.67. The molecule has 2 fully saturated rings. The van der Waals surface area contributed by atoms with Crippen molar-refractivity contribution in [2.45, 2.75) is 38.6 Å². The standard InChI is InChI=1S/C15H30N2O2/c1-2-6-16-15-5-8-19-12-14(15)10-17-7-3-4-13(9-17)11-18/h13-16,18H,2-12H2,1H3. The van der Waals surface area contributed by atoms with E-state index in [9.17, 15) is 5.11 Å². The topological polar surface area (TPSA) is 44.7 Å². The highest BCUT2D eigenvalue weighted by Gasteiger charge is 2.29. The Morgan fingerprint density at radius 2 is 2.26 bits per heavy atom. The van der Waals surface area contributed by atoms with Crippen molar-refractivity contribution in [3.8, 4) is 0 Å². The lowest BCUT2D eigenvalue weighted by molar-refractivity contribution is 0.00769. The maximum absolute atomic E-state index is 9.32. The Hall–Kier alpha value is -0.160. The van der Waals surface area contributed by atoms with E-state index in [4.69, 9.17) is 4.74 Å². The highest BCUT2D eigenvalue weighted by molar-refractivity contribution is 4.84. The summed E-state index contributed by atoms with van der Waals surface area (Å²) in [6.07, 6.45) is 4.75. The van der Waals surface area contributed by atoms with Gasteiger partial charge in [0.15, 0.2) is 0 Å². The summed E-state index contributed by atoms with van der Waals surface area (Å²) in [6, 6.07) is 0.614. The van der Waals surface area contributed by atoms with E-state index in [1.54, 1.807) is 0 Å². The zero-order valence-corrected chi connectivity index (χ0v) is 12.3. The van der Waals surface area contributed by atoms with Crippen molar-refractivity contribution in [1.82, 2.24) is 10.2 Å². The van der Waals surface area contributed by atoms with Crippen LogP contribution in [-0.2, 0) is 4.74 Å². The Balaban J connectivity index is 1.80. The van der Waals surface area contributed by atoms with E-state index in [0.717, 1.165) is 39.3 Å². The van der Waals surface area contributed by atoms with Gasteiger partial charge >= 0.3 is 0 Å². The number of nitrogens with zero attached hydrogens (tertiary/aromatic N) is 1. The summed E-state index contributed by atoms with van der Waals surface area (Å²) in [5.41, 5.74) is 0. The molecule has 0 saturated carbocycles. The van der Waals surface area contributed by atoms with Crippen molar-refractivity contribution in [1.29, 1.82) is 0 Å². The zero-order chi connectivity index (χ0) is 13.5. The summed E-state index contributed by atoms with van der Waals surface area (Å²) in [4.78, 5) is 2.53. The van der Waals surface area contributed by atoms with Crippen molar-refractivity contribution in [2.24, 2.45) is 11.8 Å². The Labute approximate surface area is 117 Å². The van der Waals surface area contributed by atoms with E-state index in [1.807, 2.05) is 0 Å². The van der Waals surface area contributed by atoms with Crippen molar-refractivity contribution in [2.75, 3.05) is 46.0 Å². The van der Waals surface area contributed by atoms with Gasteiger partial charge in [-0.05, 0) is 44.7 Å². The first-order valence-corrected chi connectivity index (χ1v) is 7.97. The molecular formula is C15H30N2O2. The third-order valence-corrected chi connectivity index (χ3v) is 4.48. The normalized spacial score (nSPS) is 33.5. The monoisotopic (exact) mass is 270 g/mol. The number of ether oxygens (including phenoxy) is 1. The zero-order valence-electron chi connectivity index (χ0n) is 12.3. The molecule has 2 heterocycles. The van der Waals surface area contributed by atoms with Crippen molar-refractivity contribution < 1.29 is 9.84 Å². The van der Waals surface area contributed by atoms with Crippen LogP contribution in [0.1, 0.15) is 32.6 Å². The van der Waals surface area contributed by atoms with E-state index in [1.165, 1.54) is 25.8 Å². The maximum atomic E-state index is 9.32. The van der Waals surface area contributed by atoms with Gasteiger partial charge < -0.3 is 20.1 Å². The fourth-order valence-corrected chi connectivity index (χ4v) is 3.37. The Kier molecular flexibility index (Phi) is 6.57. The minimum atomic E-state index is 0.342. The summed E-state index contributed by atoms with van der Waals surface area (Å²) in [6.45, 7) is 8.84. The lowest BCUT2D eigenvalue weighted by Crippen LogP contribution is -2.49. The summed E-state index contributed by atoms with van der Waals surface area (Å²) in [5, 5.41) is 13.0. The van der Waals surface area contributed by atoms with Crippen LogP contribution in [0.25, 0.3) is 0 Å². The van der Waals surface area contributed by atoms with Gasteiger partial charge in [-0.15, -0.1) is 0 Å². The predicted octanol–water partition coefficient (Wildman–Crippen LogP) is 1.10. The number of aliphatic hydroxyl groups excluding tert-OH is 1. The van der Waals surface area contributed by atoms with E-state index in [0.29, 0.717) is 24.5 Å². The summed E-state index contributed by atoms with van der Waals surface area (Å²) in [7, 11) is 0. The van der Waals surface area contributed by atoms with Gasteiger partial charge in [-0.3, -0.25) is 0 Å². The molecular weight excluding hydrogens is 240 g/mol. The molecule has 3 atom stereocenters. The van der Waals surface area contributed by atoms with E-state index >= 15 is 0 Å². The number of aliphatic hydroxyl groups is 1. The molecule has 0 aromatic heterocycles. The molecule has 2 aliphatic rings. The molecule has 2 aliphatic heterocycles. The molecule has 0 spiro atoms. The number of piperidine rings is 1. The van der Waals surface area contributed by atoms with Crippen LogP contribution >= 0.6 is 0 Å².